The Labute approximate surface area is 88.8 Å². The molecule has 1 heterocycles. The van der Waals surface area contributed by atoms with Crippen LogP contribution in [0.2, 0.25) is 5.02 Å². The standard InChI is InChI=1S/C9H6BrClN2/c10-7-2-1-5-3-6(11)4-13-9(5)8(7)12/h1-4H,12H2. The fourth-order valence-corrected chi connectivity index (χ4v) is 1.66. The zero-order valence-corrected chi connectivity index (χ0v) is 8.93. The third kappa shape index (κ3) is 1.49. The number of fused-ring (bicyclic) bond motifs is 1. The van der Waals surface area contributed by atoms with Crippen molar-refractivity contribution < 1.29 is 0 Å². The van der Waals surface area contributed by atoms with Crippen LogP contribution in [0.1, 0.15) is 0 Å². The SMILES string of the molecule is Nc1c(Br)ccc2cc(Cl)cnc12. The Morgan fingerprint density at radius 2 is 2.15 bits per heavy atom. The van der Waals surface area contributed by atoms with Crippen LogP contribution in [0.3, 0.4) is 0 Å². The van der Waals surface area contributed by atoms with Gasteiger partial charge in [0.25, 0.3) is 0 Å². The van der Waals surface area contributed by atoms with E-state index in [-0.39, 0.29) is 0 Å². The number of nitrogens with two attached hydrogens (primary N) is 1. The molecule has 2 nitrogen and oxygen atoms in total. The molecule has 2 aromatic rings. The molecule has 2 N–H and O–H groups in total. The van der Waals surface area contributed by atoms with Gasteiger partial charge in [-0.2, -0.15) is 0 Å². The molecule has 0 atom stereocenters. The van der Waals surface area contributed by atoms with Crippen molar-refractivity contribution in [1.82, 2.24) is 4.98 Å². The number of aromatic nitrogens is 1. The molecule has 0 bridgehead atoms. The van der Waals surface area contributed by atoms with Crippen LogP contribution in [0.25, 0.3) is 10.9 Å². The van der Waals surface area contributed by atoms with Gasteiger partial charge in [0, 0.05) is 16.1 Å². The van der Waals surface area contributed by atoms with E-state index in [4.69, 9.17) is 17.3 Å². The quantitative estimate of drug-likeness (QED) is 0.736. The van der Waals surface area contributed by atoms with E-state index >= 15 is 0 Å². The lowest BCUT2D eigenvalue weighted by Crippen LogP contribution is -1.90. The van der Waals surface area contributed by atoms with Crippen LogP contribution in [-0.4, -0.2) is 4.98 Å². The lowest BCUT2D eigenvalue weighted by atomic mass is 10.2. The van der Waals surface area contributed by atoms with Gasteiger partial charge in [-0.1, -0.05) is 17.7 Å². The van der Waals surface area contributed by atoms with E-state index in [0.29, 0.717) is 10.7 Å². The van der Waals surface area contributed by atoms with Crippen molar-refractivity contribution in [3.05, 3.63) is 33.9 Å². The van der Waals surface area contributed by atoms with Crippen LogP contribution in [0.4, 0.5) is 5.69 Å². The first-order valence-corrected chi connectivity index (χ1v) is 4.85. The zero-order valence-electron chi connectivity index (χ0n) is 6.59. The van der Waals surface area contributed by atoms with E-state index < -0.39 is 0 Å². The van der Waals surface area contributed by atoms with Crippen molar-refractivity contribution in [1.29, 1.82) is 0 Å². The number of nitrogens with zero attached hydrogens (tertiary/aromatic N) is 1. The molecule has 4 heteroatoms. The van der Waals surface area contributed by atoms with E-state index in [9.17, 15) is 0 Å². The molecule has 0 spiro atoms. The summed E-state index contributed by atoms with van der Waals surface area (Å²) in [5, 5.41) is 1.57. The summed E-state index contributed by atoms with van der Waals surface area (Å²) in [5.41, 5.74) is 7.24. The molecule has 0 radical (unpaired) electrons. The topological polar surface area (TPSA) is 38.9 Å². The first-order valence-electron chi connectivity index (χ1n) is 3.68. The number of rotatable bonds is 0. The Morgan fingerprint density at radius 1 is 1.38 bits per heavy atom. The normalized spacial score (nSPS) is 10.6. The lowest BCUT2D eigenvalue weighted by molar-refractivity contribution is 1.41. The summed E-state index contributed by atoms with van der Waals surface area (Å²) in [6.07, 6.45) is 1.59. The summed E-state index contributed by atoms with van der Waals surface area (Å²) in [5.74, 6) is 0. The first kappa shape index (κ1) is 8.78. The summed E-state index contributed by atoms with van der Waals surface area (Å²) in [6.45, 7) is 0. The van der Waals surface area contributed by atoms with Crippen LogP contribution < -0.4 is 5.73 Å². The maximum atomic E-state index is 5.82. The van der Waals surface area contributed by atoms with Crippen LogP contribution in [-0.2, 0) is 0 Å². The number of hydrogen-bond acceptors (Lipinski definition) is 2. The van der Waals surface area contributed by atoms with Gasteiger partial charge >= 0.3 is 0 Å². The van der Waals surface area contributed by atoms with Crippen LogP contribution in [0.15, 0.2) is 28.9 Å². The smallest absolute Gasteiger partial charge is 0.0943 e. The number of nitrogen functional groups attached to an aromatic ring is 1. The predicted octanol–water partition coefficient (Wildman–Crippen LogP) is 3.23. The van der Waals surface area contributed by atoms with E-state index in [1.807, 2.05) is 18.2 Å². The fraction of sp³-hybridized carbons (Fsp3) is 0. The molecule has 66 valence electrons. The molecule has 0 saturated carbocycles. The Balaban J connectivity index is 2.87. The minimum absolute atomic E-state index is 0.620. The predicted molar refractivity (Wildman–Crippen MR) is 58.9 cm³/mol. The van der Waals surface area contributed by atoms with Crippen molar-refractivity contribution >= 4 is 44.1 Å². The average molecular weight is 258 g/mol. The summed E-state index contributed by atoms with van der Waals surface area (Å²) in [7, 11) is 0. The molecule has 0 aliphatic rings. The summed E-state index contributed by atoms with van der Waals surface area (Å²) in [6, 6.07) is 5.65. The molecule has 0 amide bonds. The van der Waals surface area contributed by atoms with E-state index in [2.05, 4.69) is 20.9 Å². The van der Waals surface area contributed by atoms with Gasteiger partial charge in [-0.05, 0) is 28.1 Å². The highest BCUT2D eigenvalue weighted by molar-refractivity contribution is 9.10. The van der Waals surface area contributed by atoms with E-state index in [1.54, 1.807) is 6.20 Å². The zero-order chi connectivity index (χ0) is 9.42. The minimum Gasteiger partial charge on any atom is -0.396 e. The molecule has 0 aliphatic heterocycles. The average Bonchev–Trinajstić information content (AvgIpc) is 2.12. The fourth-order valence-electron chi connectivity index (χ4n) is 1.17. The number of halogens is 2. The number of anilines is 1. The van der Waals surface area contributed by atoms with Crippen LogP contribution in [0, 0.1) is 0 Å². The maximum absolute atomic E-state index is 5.82. The highest BCUT2D eigenvalue weighted by atomic mass is 79.9. The highest BCUT2D eigenvalue weighted by Gasteiger charge is 2.03. The molecule has 0 fully saturated rings. The van der Waals surface area contributed by atoms with Crippen molar-refractivity contribution in [2.75, 3.05) is 5.73 Å². The largest absolute Gasteiger partial charge is 0.396 e. The molecule has 0 saturated heterocycles. The van der Waals surface area contributed by atoms with Gasteiger partial charge in [-0.15, -0.1) is 0 Å². The number of benzene rings is 1. The Bertz CT molecular complexity index is 470. The van der Waals surface area contributed by atoms with Gasteiger partial charge in [0.15, 0.2) is 0 Å². The van der Waals surface area contributed by atoms with Crippen molar-refractivity contribution in [3.8, 4) is 0 Å². The number of pyridine rings is 1. The molecular formula is C9H6BrClN2. The Hall–Kier alpha value is -0.800. The molecule has 13 heavy (non-hydrogen) atoms. The van der Waals surface area contributed by atoms with Gasteiger partial charge < -0.3 is 5.73 Å². The Kier molecular flexibility index (Phi) is 2.14. The van der Waals surface area contributed by atoms with Gasteiger partial charge in [-0.3, -0.25) is 4.98 Å². The van der Waals surface area contributed by atoms with E-state index in [1.165, 1.54) is 0 Å². The third-order valence-corrected chi connectivity index (χ3v) is 2.70. The van der Waals surface area contributed by atoms with Gasteiger partial charge in [0.1, 0.15) is 0 Å². The van der Waals surface area contributed by atoms with Crippen LogP contribution in [0.5, 0.6) is 0 Å². The highest BCUT2D eigenvalue weighted by Crippen LogP contribution is 2.28. The second-order valence-electron chi connectivity index (χ2n) is 2.69. The van der Waals surface area contributed by atoms with Crippen molar-refractivity contribution in [2.45, 2.75) is 0 Å². The Morgan fingerprint density at radius 3 is 2.92 bits per heavy atom. The summed E-state index contributed by atoms with van der Waals surface area (Å²) < 4.78 is 0.856. The minimum atomic E-state index is 0.620. The van der Waals surface area contributed by atoms with E-state index in [0.717, 1.165) is 15.4 Å². The first-order chi connectivity index (χ1) is 6.18. The lowest BCUT2D eigenvalue weighted by Gasteiger charge is -2.02. The molecule has 2 rings (SSSR count). The van der Waals surface area contributed by atoms with Gasteiger partial charge in [0.2, 0.25) is 0 Å². The second-order valence-corrected chi connectivity index (χ2v) is 3.98. The molecule has 1 aromatic carbocycles. The molecule has 0 aliphatic carbocycles. The second kappa shape index (κ2) is 3.16. The monoisotopic (exact) mass is 256 g/mol. The van der Waals surface area contributed by atoms with Crippen molar-refractivity contribution in [2.24, 2.45) is 0 Å². The third-order valence-electron chi connectivity index (χ3n) is 1.81. The van der Waals surface area contributed by atoms with Crippen molar-refractivity contribution in [3.63, 3.8) is 0 Å². The number of hydrogen-bond donors (Lipinski definition) is 1. The molecular weight excluding hydrogens is 251 g/mol. The molecule has 0 unspecified atom stereocenters. The van der Waals surface area contributed by atoms with Gasteiger partial charge in [-0.25, -0.2) is 0 Å². The van der Waals surface area contributed by atoms with Crippen LogP contribution >= 0.6 is 27.5 Å². The van der Waals surface area contributed by atoms with Gasteiger partial charge in [0.05, 0.1) is 16.2 Å². The summed E-state index contributed by atoms with van der Waals surface area (Å²) in [4.78, 5) is 4.15. The maximum Gasteiger partial charge on any atom is 0.0943 e. The molecule has 1 aromatic heterocycles. The summed E-state index contributed by atoms with van der Waals surface area (Å²) >= 11 is 9.13.